The van der Waals surface area contributed by atoms with Gasteiger partial charge in [-0.15, -0.1) is 11.3 Å². The summed E-state index contributed by atoms with van der Waals surface area (Å²) in [6.45, 7) is 0.586. The molecule has 0 spiro atoms. The number of rotatable bonds is 4. The second-order valence-corrected chi connectivity index (χ2v) is 8.00. The first-order valence-corrected chi connectivity index (χ1v) is 9.79. The Labute approximate surface area is 148 Å². The number of carbonyl (C=O) groups is 1. The average Bonchev–Trinajstić information content (AvgIpc) is 3.17. The molecule has 7 heteroatoms. The molecule has 2 aromatic heterocycles. The molecule has 3 aromatic rings. The molecular weight excluding hydrogens is 340 g/mol. The van der Waals surface area contributed by atoms with Crippen LogP contribution in [0.15, 0.2) is 24.3 Å². The maximum Gasteiger partial charge on any atom is 0.321 e. The van der Waals surface area contributed by atoms with Crippen molar-refractivity contribution < 1.29 is 4.79 Å². The molecule has 24 heavy (non-hydrogen) atoms. The van der Waals surface area contributed by atoms with Crippen LogP contribution in [0.1, 0.15) is 28.4 Å². The number of para-hydroxylation sites is 1. The number of hydrogen-bond donors (Lipinski definition) is 2. The smallest absolute Gasteiger partial charge is 0.321 e. The monoisotopic (exact) mass is 358 g/mol. The van der Waals surface area contributed by atoms with E-state index in [2.05, 4.69) is 15.6 Å². The lowest BCUT2D eigenvalue weighted by molar-refractivity contribution is 0.252. The van der Waals surface area contributed by atoms with Crippen LogP contribution in [0.3, 0.4) is 0 Å². The molecule has 2 heterocycles. The average molecular weight is 358 g/mol. The zero-order valence-electron chi connectivity index (χ0n) is 13.2. The lowest BCUT2D eigenvalue weighted by atomic mass is 10.0. The fourth-order valence-electron chi connectivity index (χ4n) is 2.86. The van der Waals surface area contributed by atoms with E-state index in [-0.39, 0.29) is 6.03 Å². The van der Waals surface area contributed by atoms with Crippen molar-refractivity contribution in [2.45, 2.75) is 32.1 Å². The fourth-order valence-corrected chi connectivity index (χ4v) is 4.88. The van der Waals surface area contributed by atoms with Crippen LogP contribution in [0.4, 0.5) is 9.93 Å². The Kier molecular flexibility index (Phi) is 4.44. The largest absolute Gasteiger partial charge is 0.337 e. The van der Waals surface area contributed by atoms with Crippen molar-refractivity contribution in [3.8, 4) is 0 Å². The van der Waals surface area contributed by atoms with Gasteiger partial charge in [0.15, 0.2) is 5.13 Å². The van der Waals surface area contributed by atoms with Gasteiger partial charge in [-0.1, -0.05) is 23.5 Å². The molecule has 0 aliphatic heterocycles. The van der Waals surface area contributed by atoms with E-state index in [1.54, 1.807) is 11.3 Å². The summed E-state index contributed by atoms with van der Waals surface area (Å²) in [6.07, 6.45) is 5.58. The van der Waals surface area contributed by atoms with E-state index in [0.717, 1.165) is 28.1 Å². The Hall–Kier alpha value is -1.99. The second kappa shape index (κ2) is 6.86. The molecule has 1 aliphatic carbocycles. The van der Waals surface area contributed by atoms with E-state index in [9.17, 15) is 4.79 Å². The SMILES string of the molecule is O=C(NCCc1nc2c(s1)CCCC2)Nc1nc2ccccc2s1. The number of carbonyl (C=O) groups excluding carboxylic acids is 1. The number of amides is 2. The molecule has 0 atom stereocenters. The van der Waals surface area contributed by atoms with Crippen LogP contribution < -0.4 is 10.6 Å². The summed E-state index contributed by atoms with van der Waals surface area (Å²) in [7, 11) is 0. The molecule has 4 rings (SSSR count). The molecule has 0 bridgehead atoms. The number of hydrogen-bond acceptors (Lipinski definition) is 5. The Morgan fingerprint density at radius 2 is 2.00 bits per heavy atom. The number of fused-ring (bicyclic) bond motifs is 2. The highest BCUT2D eigenvalue weighted by molar-refractivity contribution is 7.22. The zero-order chi connectivity index (χ0) is 16.4. The molecule has 124 valence electrons. The van der Waals surface area contributed by atoms with Crippen LogP contribution in [0, 0.1) is 0 Å². The molecule has 0 radical (unpaired) electrons. The van der Waals surface area contributed by atoms with Crippen molar-refractivity contribution in [2.24, 2.45) is 0 Å². The third kappa shape index (κ3) is 3.42. The maximum atomic E-state index is 12.0. The Bertz CT molecular complexity index is 814. The first-order chi connectivity index (χ1) is 11.8. The van der Waals surface area contributed by atoms with Crippen LogP contribution in [0.5, 0.6) is 0 Å². The molecule has 0 saturated carbocycles. The molecule has 2 N–H and O–H groups in total. The molecule has 0 unspecified atom stereocenters. The van der Waals surface area contributed by atoms with Crippen molar-refractivity contribution in [1.82, 2.24) is 15.3 Å². The summed E-state index contributed by atoms with van der Waals surface area (Å²) in [5.74, 6) is 0. The summed E-state index contributed by atoms with van der Waals surface area (Å²) in [4.78, 5) is 22.5. The molecule has 2 amide bonds. The number of anilines is 1. The number of aryl methyl sites for hydroxylation is 2. The maximum absolute atomic E-state index is 12.0. The van der Waals surface area contributed by atoms with Gasteiger partial charge in [-0.05, 0) is 37.8 Å². The first kappa shape index (κ1) is 15.5. The lowest BCUT2D eigenvalue weighted by Gasteiger charge is -2.06. The highest BCUT2D eigenvalue weighted by Crippen LogP contribution is 2.27. The summed E-state index contributed by atoms with van der Waals surface area (Å²) < 4.78 is 1.07. The molecule has 5 nitrogen and oxygen atoms in total. The van der Waals surface area contributed by atoms with Crippen molar-refractivity contribution in [3.63, 3.8) is 0 Å². The van der Waals surface area contributed by atoms with Gasteiger partial charge in [0.2, 0.25) is 0 Å². The van der Waals surface area contributed by atoms with Gasteiger partial charge in [0.05, 0.1) is 20.9 Å². The van der Waals surface area contributed by atoms with Crippen LogP contribution >= 0.6 is 22.7 Å². The number of aromatic nitrogens is 2. The van der Waals surface area contributed by atoms with Crippen LogP contribution in [-0.2, 0) is 19.3 Å². The minimum Gasteiger partial charge on any atom is -0.337 e. The quantitative estimate of drug-likeness (QED) is 0.741. The molecule has 0 saturated heterocycles. The number of thiazole rings is 2. The normalized spacial score (nSPS) is 13.7. The van der Waals surface area contributed by atoms with Crippen molar-refractivity contribution >= 4 is 44.1 Å². The minimum absolute atomic E-state index is 0.213. The van der Waals surface area contributed by atoms with Crippen LogP contribution in [-0.4, -0.2) is 22.5 Å². The number of nitrogens with zero attached hydrogens (tertiary/aromatic N) is 2. The predicted octanol–water partition coefficient (Wildman–Crippen LogP) is 4.00. The van der Waals surface area contributed by atoms with E-state index in [4.69, 9.17) is 4.98 Å². The third-order valence-corrected chi connectivity index (χ3v) is 6.20. The highest BCUT2D eigenvalue weighted by atomic mass is 32.1. The van der Waals surface area contributed by atoms with Gasteiger partial charge in [-0.2, -0.15) is 0 Å². The van der Waals surface area contributed by atoms with Crippen molar-refractivity contribution in [2.75, 3.05) is 11.9 Å². The predicted molar refractivity (Wildman–Crippen MR) is 99.1 cm³/mol. The van der Waals surface area contributed by atoms with E-state index >= 15 is 0 Å². The minimum atomic E-state index is -0.213. The van der Waals surface area contributed by atoms with E-state index in [1.165, 1.54) is 41.2 Å². The van der Waals surface area contributed by atoms with Gasteiger partial charge in [0.25, 0.3) is 0 Å². The molecule has 1 aromatic carbocycles. The summed E-state index contributed by atoms with van der Waals surface area (Å²) in [6, 6.07) is 7.65. The standard InChI is InChI=1S/C17H18N4OS2/c22-16(21-17-20-12-6-2-4-8-14(12)24-17)18-10-9-15-19-11-5-1-3-7-13(11)23-15/h2,4,6,8H,1,3,5,7,9-10H2,(H2,18,20,21,22). The van der Waals surface area contributed by atoms with Gasteiger partial charge >= 0.3 is 6.03 Å². The third-order valence-electron chi connectivity index (χ3n) is 4.03. The Morgan fingerprint density at radius 3 is 2.88 bits per heavy atom. The van der Waals surface area contributed by atoms with E-state index in [0.29, 0.717) is 11.7 Å². The van der Waals surface area contributed by atoms with Crippen LogP contribution in [0.25, 0.3) is 10.2 Å². The summed E-state index contributed by atoms with van der Waals surface area (Å²) >= 11 is 3.28. The lowest BCUT2D eigenvalue weighted by Crippen LogP contribution is -2.30. The summed E-state index contributed by atoms with van der Waals surface area (Å²) in [5.41, 5.74) is 2.19. The van der Waals surface area contributed by atoms with Gasteiger partial charge in [-0.3, -0.25) is 5.32 Å². The van der Waals surface area contributed by atoms with Gasteiger partial charge in [0.1, 0.15) is 0 Å². The van der Waals surface area contributed by atoms with Gasteiger partial charge in [-0.25, -0.2) is 14.8 Å². The number of benzene rings is 1. The summed E-state index contributed by atoms with van der Waals surface area (Å²) in [5, 5.41) is 7.45. The van der Waals surface area contributed by atoms with E-state index < -0.39 is 0 Å². The second-order valence-electron chi connectivity index (χ2n) is 5.80. The van der Waals surface area contributed by atoms with Gasteiger partial charge in [0, 0.05) is 17.8 Å². The van der Waals surface area contributed by atoms with Crippen molar-refractivity contribution in [3.05, 3.63) is 39.8 Å². The fraction of sp³-hybridized carbons (Fsp3) is 0.353. The van der Waals surface area contributed by atoms with Crippen molar-refractivity contribution in [1.29, 1.82) is 0 Å². The first-order valence-electron chi connectivity index (χ1n) is 8.16. The zero-order valence-corrected chi connectivity index (χ0v) is 14.8. The number of nitrogens with one attached hydrogen (secondary N) is 2. The Balaban J connectivity index is 1.29. The van der Waals surface area contributed by atoms with Crippen LogP contribution in [0.2, 0.25) is 0 Å². The Morgan fingerprint density at radius 1 is 1.12 bits per heavy atom. The topological polar surface area (TPSA) is 66.9 Å². The number of urea groups is 1. The van der Waals surface area contributed by atoms with E-state index in [1.807, 2.05) is 24.3 Å². The van der Waals surface area contributed by atoms with Gasteiger partial charge < -0.3 is 5.32 Å². The molecule has 1 aliphatic rings. The molecule has 0 fully saturated rings. The highest BCUT2D eigenvalue weighted by Gasteiger charge is 2.15. The molecular formula is C17H18N4OS2.